The molecule has 0 aliphatic heterocycles. The van der Waals surface area contributed by atoms with E-state index in [0.29, 0.717) is 10.8 Å². The van der Waals surface area contributed by atoms with Crippen molar-refractivity contribution in [1.82, 2.24) is 0 Å². The average molecular weight is 337 g/mol. The Hall–Kier alpha value is -0.0800. The number of aliphatic hydroxyl groups excluding tert-OH is 2. The molecule has 3 aliphatic carbocycles. The van der Waals surface area contributed by atoms with Crippen molar-refractivity contribution >= 4 is 0 Å². The summed E-state index contributed by atoms with van der Waals surface area (Å²) in [6, 6.07) is 0. The summed E-state index contributed by atoms with van der Waals surface area (Å²) in [4.78, 5) is 0. The van der Waals surface area contributed by atoms with E-state index in [1.54, 1.807) is 0 Å². The maximum atomic E-state index is 9.90. The molecule has 0 heterocycles. The van der Waals surface area contributed by atoms with Crippen molar-refractivity contribution in [3.05, 3.63) is 0 Å². The van der Waals surface area contributed by atoms with Gasteiger partial charge in [0.1, 0.15) is 0 Å². The number of hydrogen-bond donors (Lipinski definition) is 2. The minimum absolute atomic E-state index is 0.0307. The molecule has 3 aliphatic rings. The Bertz CT molecular complexity index is 392. The van der Waals surface area contributed by atoms with Crippen molar-refractivity contribution < 1.29 is 10.2 Å². The standard InChI is InChI=1S/C22H40O2/c1-16(2)22(18-6-10-20(24)11-7-18)14-12-21(3,13-15-22)17-4-8-19(23)9-5-17/h16-20,23-24H,4-15H2,1-3H3. The summed E-state index contributed by atoms with van der Waals surface area (Å²) >= 11 is 0. The lowest BCUT2D eigenvalue weighted by molar-refractivity contribution is -0.0590. The van der Waals surface area contributed by atoms with Crippen LogP contribution in [0, 0.1) is 28.6 Å². The molecular formula is C22H40O2. The van der Waals surface area contributed by atoms with E-state index >= 15 is 0 Å². The Balaban J connectivity index is 1.66. The first-order chi connectivity index (χ1) is 11.4. The van der Waals surface area contributed by atoms with Crippen LogP contribution in [0.2, 0.25) is 0 Å². The van der Waals surface area contributed by atoms with Gasteiger partial charge in [-0.05, 0) is 106 Å². The minimum Gasteiger partial charge on any atom is -0.393 e. The largest absolute Gasteiger partial charge is 0.393 e. The molecule has 0 bridgehead atoms. The predicted molar refractivity (Wildman–Crippen MR) is 99.8 cm³/mol. The van der Waals surface area contributed by atoms with Gasteiger partial charge < -0.3 is 10.2 Å². The molecular weight excluding hydrogens is 296 g/mol. The van der Waals surface area contributed by atoms with Crippen molar-refractivity contribution in [2.75, 3.05) is 0 Å². The van der Waals surface area contributed by atoms with E-state index in [4.69, 9.17) is 0 Å². The van der Waals surface area contributed by atoms with E-state index in [1.165, 1.54) is 51.4 Å². The van der Waals surface area contributed by atoms with E-state index in [2.05, 4.69) is 20.8 Å². The van der Waals surface area contributed by atoms with Crippen LogP contribution in [0.3, 0.4) is 0 Å². The Morgan fingerprint density at radius 2 is 1.08 bits per heavy atom. The summed E-state index contributed by atoms with van der Waals surface area (Å²) in [6.45, 7) is 7.44. The lowest BCUT2D eigenvalue weighted by Crippen LogP contribution is -2.46. The fraction of sp³-hybridized carbons (Fsp3) is 1.00. The molecule has 0 atom stereocenters. The first-order valence-electron chi connectivity index (χ1n) is 10.7. The number of hydrogen-bond acceptors (Lipinski definition) is 2. The molecule has 3 saturated carbocycles. The zero-order valence-electron chi connectivity index (χ0n) is 16.3. The van der Waals surface area contributed by atoms with Crippen molar-refractivity contribution in [2.24, 2.45) is 28.6 Å². The molecule has 0 aromatic rings. The first kappa shape index (κ1) is 18.7. The molecule has 24 heavy (non-hydrogen) atoms. The van der Waals surface area contributed by atoms with Gasteiger partial charge in [-0.3, -0.25) is 0 Å². The SMILES string of the molecule is CC(C)C1(C2CCC(O)CC2)CCC(C)(C2CCC(O)CC2)CC1. The van der Waals surface area contributed by atoms with Gasteiger partial charge in [0.15, 0.2) is 0 Å². The van der Waals surface area contributed by atoms with Crippen LogP contribution in [0.4, 0.5) is 0 Å². The Morgan fingerprint density at radius 3 is 1.50 bits per heavy atom. The van der Waals surface area contributed by atoms with Crippen LogP contribution >= 0.6 is 0 Å². The topological polar surface area (TPSA) is 40.5 Å². The maximum absolute atomic E-state index is 9.90. The van der Waals surface area contributed by atoms with E-state index in [-0.39, 0.29) is 12.2 Å². The van der Waals surface area contributed by atoms with Gasteiger partial charge in [0.2, 0.25) is 0 Å². The molecule has 0 saturated heterocycles. The van der Waals surface area contributed by atoms with Gasteiger partial charge in [-0.25, -0.2) is 0 Å². The second kappa shape index (κ2) is 7.27. The van der Waals surface area contributed by atoms with Gasteiger partial charge in [-0.1, -0.05) is 20.8 Å². The van der Waals surface area contributed by atoms with Gasteiger partial charge in [-0.2, -0.15) is 0 Å². The third-order valence-corrected chi connectivity index (χ3v) is 8.67. The molecule has 3 fully saturated rings. The summed E-state index contributed by atoms with van der Waals surface area (Å²) in [7, 11) is 0. The normalized spacial score (nSPS) is 47.8. The van der Waals surface area contributed by atoms with Crippen LogP contribution in [0.5, 0.6) is 0 Å². The third-order valence-electron chi connectivity index (χ3n) is 8.67. The summed E-state index contributed by atoms with van der Waals surface area (Å²) in [5.41, 5.74) is 1.03. The van der Waals surface area contributed by atoms with Crippen LogP contribution in [-0.2, 0) is 0 Å². The zero-order valence-corrected chi connectivity index (χ0v) is 16.3. The summed E-state index contributed by atoms with van der Waals surface area (Å²) in [5.74, 6) is 2.42. The highest BCUT2D eigenvalue weighted by molar-refractivity contribution is 5.00. The number of aliphatic hydroxyl groups is 2. The van der Waals surface area contributed by atoms with Gasteiger partial charge >= 0.3 is 0 Å². The van der Waals surface area contributed by atoms with Crippen molar-refractivity contribution in [3.63, 3.8) is 0 Å². The Kier molecular flexibility index (Phi) is 5.67. The third kappa shape index (κ3) is 3.56. The molecule has 0 spiro atoms. The smallest absolute Gasteiger partial charge is 0.0540 e. The highest BCUT2D eigenvalue weighted by Crippen LogP contribution is 2.59. The monoisotopic (exact) mass is 336 g/mol. The van der Waals surface area contributed by atoms with Crippen LogP contribution in [0.25, 0.3) is 0 Å². The predicted octanol–water partition coefficient (Wildman–Crippen LogP) is 5.31. The van der Waals surface area contributed by atoms with Gasteiger partial charge in [0, 0.05) is 0 Å². The first-order valence-corrected chi connectivity index (χ1v) is 10.7. The Morgan fingerprint density at radius 1 is 0.667 bits per heavy atom. The van der Waals surface area contributed by atoms with Crippen LogP contribution in [-0.4, -0.2) is 22.4 Å². The van der Waals surface area contributed by atoms with Crippen LogP contribution in [0.15, 0.2) is 0 Å². The molecule has 2 N–H and O–H groups in total. The fourth-order valence-electron chi connectivity index (χ4n) is 6.58. The lowest BCUT2D eigenvalue weighted by atomic mass is 9.50. The molecule has 0 aromatic heterocycles. The molecule has 3 rings (SSSR count). The van der Waals surface area contributed by atoms with Gasteiger partial charge in [-0.15, -0.1) is 0 Å². The van der Waals surface area contributed by atoms with E-state index in [9.17, 15) is 10.2 Å². The average Bonchev–Trinajstić information content (AvgIpc) is 2.57. The van der Waals surface area contributed by atoms with E-state index in [1.807, 2.05) is 0 Å². The molecule has 140 valence electrons. The zero-order chi connectivity index (χ0) is 17.4. The number of rotatable bonds is 3. The molecule has 0 aromatic carbocycles. The maximum Gasteiger partial charge on any atom is 0.0540 e. The summed E-state index contributed by atoms with van der Waals surface area (Å²) < 4.78 is 0. The second-order valence-corrected chi connectivity index (χ2v) is 10.1. The highest BCUT2D eigenvalue weighted by Gasteiger charge is 2.49. The quantitative estimate of drug-likeness (QED) is 0.733. The molecule has 0 amide bonds. The molecule has 2 heteroatoms. The minimum atomic E-state index is -0.0343. The van der Waals surface area contributed by atoms with Gasteiger partial charge in [0.05, 0.1) is 12.2 Å². The van der Waals surface area contributed by atoms with Crippen LogP contribution in [0.1, 0.15) is 97.8 Å². The lowest BCUT2D eigenvalue weighted by Gasteiger charge is -2.55. The highest BCUT2D eigenvalue weighted by atomic mass is 16.3. The van der Waals surface area contributed by atoms with E-state index < -0.39 is 0 Å². The molecule has 0 unspecified atom stereocenters. The van der Waals surface area contributed by atoms with Crippen molar-refractivity contribution in [1.29, 1.82) is 0 Å². The summed E-state index contributed by atoms with van der Waals surface area (Å²) in [6.07, 6.45) is 14.5. The summed E-state index contributed by atoms with van der Waals surface area (Å²) in [5, 5.41) is 19.7. The van der Waals surface area contributed by atoms with Gasteiger partial charge in [0.25, 0.3) is 0 Å². The van der Waals surface area contributed by atoms with Crippen molar-refractivity contribution in [2.45, 2.75) is 110 Å². The van der Waals surface area contributed by atoms with E-state index in [0.717, 1.165) is 43.4 Å². The second-order valence-electron chi connectivity index (χ2n) is 10.1. The molecule has 2 nitrogen and oxygen atoms in total. The van der Waals surface area contributed by atoms with Crippen LogP contribution < -0.4 is 0 Å². The fourth-order valence-corrected chi connectivity index (χ4v) is 6.58. The van der Waals surface area contributed by atoms with Crippen molar-refractivity contribution in [3.8, 4) is 0 Å². The Labute approximate surface area is 149 Å². The molecule has 0 radical (unpaired) electrons.